The first-order chi connectivity index (χ1) is 16.3. The summed E-state index contributed by atoms with van der Waals surface area (Å²) in [4.78, 5) is 38.0. The minimum absolute atomic E-state index is 0.0565. The molecule has 2 N–H and O–H groups in total. The molecule has 2 aromatic carbocycles. The maximum absolute atomic E-state index is 13.5. The largest absolute Gasteiger partial charge is 0.462 e. The van der Waals surface area contributed by atoms with Crippen molar-refractivity contribution in [3.05, 3.63) is 65.0 Å². The highest BCUT2D eigenvalue weighted by Crippen LogP contribution is 2.53. The van der Waals surface area contributed by atoms with Crippen molar-refractivity contribution in [3.8, 4) is 0 Å². The summed E-state index contributed by atoms with van der Waals surface area (Å²) in [5, 5.41) is 5.87. The molecule has 0 radical (unpaired) electrons. The van der Waals surface area contributed by atoms with Crippen molar-refractivity contribution in [1.82, 2.24) is 10.2 Å². The maximum atomic E-state index is 13.5. The number of anilines is 1. The Labute approximate surface area is 197 Å². The fourth-order valence-electron chi connectivity index (χ4n) is 5.81. The number of nitrogens with one attached hydrogen (secondary N) is 2. The highest BCUT2D eigenvalue weighted by Gasteiger charge is 2.50. The van der Waals surface area contributed by atoms with Gasteiger partial charge in [-0.25, -0.2) is 14.0 Å². The molecule has 3 aliphatic carbocycles. The molecule has 0 aromatic heterocycles. The third-order valence-electron chi connectivity index (χ3n) is 7.92. The van der Waals surface area contributed by atoms with E-state index in [1.165, 1.54) is 24.8 Å². The lowest BCUT2D eigenvalue weighted by atomic mass is 9.55. The van der Waals surface area contributed by atoms with E-state index in [2.05, 4.69) is 27.5 Å². The van der Waals surface area contributed by atoms with E-state index in [4.69, 9.17) is 0 Å². The standard InChI is InChI=1S/C26H28FN3O4/c1-34-23(32)22(31)29-26-11-8-25(9-12-26,10-13-26)19-3-6-21(7-4-19)28-24(33)30-15-17-2-5-20(27)14-18(17)16-30/h2-7,14H,8-13,15-16H2,1H3,(H,28,33)(H,29,31). The highest BCUT2D eigenvalue weighted by atomic mass is 19.1. The van der Waals surface area contributed by atoms with Gasteiger partial charge in [-0.05, 0) is 84.9 Å². The Morgan fingerprint density at radius 1 is 0.912 bits per heavy atom. The van der Waals surface area contributed by atoms with Crippen LogP contribution in [0.5, 0.6) is 0 Å². The number of hydrogen-bond acceptors (Lipinski definition) is 4. The third kappa shape index (κ3) is 4.02. The number of methoxy groups -OCH3 is 1. The molecule has 178 valence electrons. The molecule has 3 amide bonds. The van der Waals surface area contributed by atoms with Gasteiger partial charge in [0, 0.05) is 24.3 Å². The van der Waals surface area contributed by atoms with Crippen molar-refractivity contribution in [2.75, 3.05) is 12.4 Å². The van der Waals surface area contributed by atoms with Crippen molar-refractivity contribution in [1.29, 1.82) is 0 Å². The zero-order chi connectivity index (χ0) is 23.9. The van der Waals surface area contributed by atoms with Gasteiger partial charge in [0.25, 0.3) is 0 Å². The molecule has 0 unspecified atom stereocenters. The van der Waals surface area contributed by atoms with Crippen LogP contribution in [0.1, 0.15) is 55.2 Å². The zero-order valence-corrected chi connectivity index (χ0v) is 19.2. The first-order valence-corrected chi connectivity index (χ1v) is 11.7. The number of benzene rings is 2. The zero-order valence-electron chi connectivity index (χ0n) is 19.2. The normalized spacial score (nSPS) is 24.9. The molecule has 1 heterocycles. The number of carbonyl (C=O) groups is 3. The van der Waals surface area contributed by atoms with E-state index < -0.39 is 11.9 Å². The van der Waals surface area contributed by atoms with Crippen LogP contribution < -0.4 is 10.6 Å². The predicted octanol–water partition coefficient (Wildman–Crippen LogP) is 4.01. The smallest absolute Gasteiger partial charge is 0.396 e. The summed E-state index contributed by atoms with van der Waals surface area (Å²) in [5.74, 6) is -1.80. The van der Waals surface area contributed by atoms with Crippen LogP contribution in [-0.4, -0.2) is 35.5 Å². The molecular formula is C26H28FN3O4. The molecule has 4 aliphatic rings. The lowest BCUT2D eigenvalue weighted by Gasteiger charge is -2.53. The van der Waals surface area contributed by atoms with Gasteiger partial charge in [0.2, 0.25) is 0 Å². The van der Waals surface area contributed by atoms with E-state index in [1.54, 1.807) is 11.0 Å². The molecule has 6 rings (SSSR count). The molecule has 2 aromatic rings. The van der Waals surface area contributed by atoms with Crippen molar-refractivity contribution in [2.45, 2.75) is 62.6 Å². The highest BCUT2D eigenvalue weighted by molar-refractivity contribution is 6.32. The lowest BCUT2D eigenvalue weighted by molar-refractivity contribution is -0.154. The summed E-state index contributed by atoms with van der Waals surface area (Å²) in [7, 11) is 1.21. The SMILES string of the molecule is COC(=O)C(=O)NC12CCC(c3ccc(NC(=O)N4Cc5ccc(F)cc5C4)cc3)(CC1)CC2. The summed E-state index contributed by atoms with van der Waals surface area (Å²) in [6.07, 6.45) is 5.27. The molecule has 0 atom stereocenters. The van der Waals surface area contributed by atoms with Gasteiger partial charge in [-0.3, -0.25) is 4.79 Å². The third-order valence-corrected chi connectivity index (χ3v) is 7.92. The van der Waals surface area contributed by atoms with Crippen LogP contribution >= 0.6 is 0 Å². The van der Waals surface area contributed by atoms with Crippen LogP contribution in [0.25, 0.3) is 0 Å². The van der Waals surface area contributed by atoms with Crippen LogP contribution in [0, 0.1) is 5.82 Å². The van der Waals surface area contributed by atoms with Gasteiger partial charge in [0.05, 0.1) is 7.11 Å². The van der Waals surface area contributed by atoms with Gasteiger partial charge in [-0.1, -0.05) is 18.2 Å². The average molecular weight is 466 g/mol. The van der Waals surface area contributed by atoms with Crippen molar-refractivity contribution < 1.29 is 23.5 Å². The summed E-state index contributed by atoms with van der Waals surface area (Å²) in [6, 6.07) is 12.5. The summed E-state index contributed by atoms with van der Waals surface area (Å²) in [6.45, 7) is 0.866. The van der Waals surface area contributed by atoms with Gasteiger partial charge in [-0.2, -0.15) is 0 Å². The molecular weight excluding hydrogens is 437 g/mol. The van der Waals surface area contributed by atoms with Gasteiger partial charge in [0.1, 0.15) is 5.82 Å². The number of rotatable bonds is 3. The number of esters is 1. The molecule has 0 saturated heterocycles. The van der Waals surface area contributed by atoms with Gasteiger partial charge in [0.15, 0.2) is 0 Å². The van der Waals surface area contributed by atoms with Crippen LogP contribution in [0.2, 0.25) is 0 Å². The Hall–Kier alpha value is -3.42. The first-order valence-electron chi connectivity index (χ1n) is 11.7. The topological polar surface area (TPSA) is 87.7 Å². The molecule has 1 aliphatic heterocycles. The van der Waals surface area contributed by atoms with E-state index in [1.807, 2.05) is 12.1 Å². The quantitative estimate of drug-likeness (QED) is 0.530. The molecule has 7 nitrogen and oxygen atoms in total. The number of nitrogens with zero attached hydrogens (tertiary/aromatic N) is 1. The number of fused-ring (bicyclic) bond motifs is 4. The number of amides is 3. The molecule has 8 heteroatoms. The number of hydrogen-bond donors (Lipinski definition) is 2. The average Bonchev–Trinajstić information content (AvgIpc) is 3.28. The van der Waals surface area contributed by atoms with Gasteiger partial charge < -0.3 is 20.3 Å². The van der Waals surface area contributed by atoms with Crippen LogP contribution in [0.4, 0.5) is 14.9 Å². The maximum Gasteiger partial charge on any atom is 0.396 e. The fourth-order valence-corrected chi connectivity index (χ4v) is 5.81. The second-order valence-electron chi connectivity index (χ2n) is 9.78. The van der Waals surface area contributed by atoms with Gasteiger partial charge in [-0.15, -0.1) is 0 Å². The number of urea groups is 1. The Balaban J connectivity index is 1.20. The minimum atomic E-state index is -0.848. The number of ether oxygens (including phenoxy) is 1. The Morgan fingerprint density at radius 3 is 2.21 bits per heavy atom. The Bertz CT molecular complexity index is 1120. The van der Waals surface area contributed by atoms with E-state index in [0.29, 0.717) is 13.1 Å². The molecule has 34 heavy (non-hydrogen) atoms. The summed E-state index contributed by atoms with van der Waals surface area (Å²) >= 11 is 0. The van der Waals surface area contributed by atoms with Crippen LogP contribution in [0.15, 0.2) is 42.5 Å². The summed E-state index contributed by atoms with van der Waals surface area (Å²) in [5.41, 5.74) is 3.51. The van der Waals surface area contributed by atoms with Gasteiger partial charge >= 0.3 is 17.9 Å². The molecule has 2 bridgehead atoms. The summed E-state index contributed by atoms with van der Waals surface area (Å²) < 4.78 is 18.0. The predicted molar refractivity (Wildman–Crippen MR) is 123 cm³/mol. The first kappa shape index (κ1) is 22.4. The monoisotopic (exact) mass is 465 g/mol. The van der Waals surface area contributed by atoms with E-state index in [0.717, 1.165) is 55.3 Å². The van der Waals surface area contributed by atoms with Crippen LogP contribution in [-0.2, 0) is 32.8 Å². The van der Waals surface area contributed by atoms with Crippen molar-refractivity contribution in [2.24, 2.45) is 0 Å². The molecule has 3 fully saturated rings. The van der Waals surface area contributed by atoms with E-state index >= 15 is 0 Å². The Morgan fingerprint density at radius 2 is 1.56 bits per heavy atom. The fraction of sp³-hybridized carbons (Fsp3) is 0.423. The second-order valence-corrected chi connectivity index (χ2v) is 9.78. The molecule has 3 saturated carbocycles. The number of carbonyl (C=O) groups excluding carboxylic acids is 3. The van der Waals surface area contributed by atoms with Crippen LogP contribution in [0.3, 0.4) is 0 Å². The Kier molecular flexibility index (Phi) is 5.54. The lowest BCUT2D eigenvalue weighted by Crippen LogP contribution is -2.59. The van der Waals surface area contributed by atoms with E-state index in [9.17, 15) is 18.8 Å². The minimum Gasteiger partial charge on any atom is -0.462 e. The second kappa shape index (κ2) is 8.42. The van der Waals surface area contributed by atoms with Crippen molar-refractivity contribution >= 4 is 23.6 Å². The van der Waals surface area contributed by atoms with E-state index in [-0.39, 0.29) is 22.8 Å². The molecule has 0 spiro atoms. The number of halogens is 1. The van der Waals surface area contributed by atoms with Crippen molar-refractivity contribution in [3.63, 3.8) is 0 Å².